The van der Waals surface area contributed by atoms with Gasteiger partial charge >= 0.3 is 0 Å². The average Bonchev–Trinajstić information content (AvgIpc) is 2.33. The maximum absolute atomic E-state index is 5.41. The fraction of sp³-hybridized carbons (Fsp3) is 0.600. The molecule has 0 N–H and O–H groups in total. The third kappa shape index (κ3) is 6.15. The summed E-state index contributed by atoms with van der Waals surface area (Å²) < 4.78 is 5.41. The van der Waals surface area contributed by atoms with Crippen LogP contribution in [0.4, 0.5) is 0 Å². The topological polar surface area (TPSA) is 15.7 Å². The lowest BCUT2D eigenvalue weighted by Crippen LogP contribution is -2.42. The molecule has 1 fully saturated rings. The van der Waals surface area contributed by atoms with Crippen molar-refractivity contribution >= 4 is 0 Å². The Morgan fingerprint density at radius 3 is 2.39 bits per heavy atom. The van der Waals surface area contributed by atoms with Crippen LogP contribution in [0.25, 0.3) is 0 Å². The largest absolute Gasteiger partial charge is 0.379 e. The van der Waals surface area contributed by atoms with Crippen molar-refractivity contribution in [2.75, 3.05) is 40.9 Å². The molecule has 1 atom stereocenters. The van der Waals surface area contributed by atoms with Crippen LogP contribution in [-0.2, 0) is 11.3 Å². The van der Waals surface area contributed by atoms with Gasteiger partial charge in [0.15, 0.2) is 0 Å². The van der Waals surface area contributed by atoms with Gasteiger partial charge in [-0.3, -0.25) is 4.90 Å². The molecule has 3 nitrogen and oxygen atoms in total. The molecule has 18 heavy (non-hydrogen) atoms. The van der Waals surface area contributed by atoms with E-state index in [1.165, 1.54) is 5.56 Å². The number of benzene rings is 1. The average molecular weight is 250 g/mol. The Kier molecular flexibility index (Phi) is 6.94. The fourth-order valence-corrected chi connectivity index (χ4v) is 1.81. The fourth-order valence-electron chi connectivity index (χ4n) is 1.81. The molecule has 102 valence electrons. The molecule has 0 saturated carbocycles. The standard InChI is InChI=1S/C12H17NO.C3H9N/c1-11-10-14-8-7-13(11)9-12-5-3-2-4-6-12;1-4(2)3/h2-6,11H,7-10H2,1H3;1-3H3. The number of ether oxygens (including phenoxy) is 1. The van der Waals surface area contributed by atoms with Crippen molar-refractivity contribution in [3.8, 4) is 0 Å². The van der Waals surface area contributed by atoms with Crippen molar-refractivity contribution in [2.24, 2.45) is 0 Å². The number of morpholine rings is 1. The van der Waals surface area contributed by atoms with Crippen molar-refractivity contribution in [1.29, 1.82) is 0 Å². The van der Waals surface area contributed by atoms with Gasteiger partial charge in [-0.1, -0.05) is 30.3 Å². The van der Waals surface area contributed by atoms with Crippen molar-refractivity contribution < 1.29 is 4.74 Å². The highest BCUT2D eigenvalue weighted by molar-refractivity contribution is 5.14. The second kappa shape index (κ2) is 8.25. The summed E-state index contributed by atoms with van der Waals surface area (Å²) in [6, 6.07) is 11.2. The van der Waals surface area contributed by atoms with Crippen LogP contribution in [0.2, 0.25) is 0 Å². The van der Waals surface area contributed by atoms with E-state index in [2.05, 4.69) is 42.2 Å². The lowest BCUT2D eigenvalue weighted by atomic mass is 10.2. The number of hydrogen-bond acceptors (Lipinski definition) is 3. The van der Waals surface area contributed by atoms with Crippen molar-refractivity contribution in [3.05, 3.63) is 35.9 Å². The molecule has 1 aromatic carbocycles. The molecular weight excluding hydrogens is 224 g/mol. The Hall–Kier alpha value is -0.900. The van der Waals surface area contributed by atoms with E-state index in [0.717, 1.165) is 26.3 Å². The minimum Gasteiger partial charge on any atom is -0.379 e. The van der Waals surface area contributed by atoms with Crippen molar-refractivity contribution in [1.82, 2.24) is 9.80 Å². The Bertz CT molecular complexity index is 311. The van der Waals surface area contributed by atoms with Crippen LogP contribution in [0.5, 0.6) is 0 Å². The Labute approximate surface area is 111 Å². The van der Waals surface area contributed by atoms with E-state index in [9.17, 15) is 0 Å². The van der Waals surface area contributed by atoms with E-state index < -0.39 is 0 Å². The van der Waals surface area contributed by atoms with Crippen LogP contribution in [-0.4, -0.2) is 56.7 Å². The van der Waals surface area contributed by atoms with Crippen molar-refractivity contribution in [2.45, 2.75) is 19.5 Å². The quantitative estimate of drug-likeness (QED) is 0.799. The number of hydrogen-bond donors (Lipinski definition) is 0. The van der Waals surface area contributed by atoms with Crippen LogP contribution < -0.4 is 0 Å². The molecule has 0 spiro atoms. The Morgan fingerprint density at radius 2 is 1.83 bits per heavy atom. The molecule has 1 heterocycles. The van der Waals surface area contributed by atoms with E-state index in [1.54, 1.807) is 0 Å². The van der Waals surface area contributed by atoms with E-state index in [-0.39, 0.29) is 0 Å². The van der Waals surface area contributed by atoms with Gasteiger partial charge < -0.3 is 9.64 Å². The smallest absolute Gasteiger partial charge is 0.0619 e. The molecule has 2 rings (SSSR count). The van der Waals surface area contributed by atoms with Gasteiger partial charge in [0.25, 0.3) is 0 Å². The molecular formula is C15H26N2O. The third-order valence-electron chi connectivity index (χ3n) is 2.73. The maximum atomic E-state index is 5.41. The van der Waals surface area contributed by atoms with Crippen LogP contribution in [0.3, 0.4) is 0 Å². The second-order valence-electron chi connectivity index (χ2n) is 5.22. The molecule has 0 aliphatic carbocycles. The van der Waals surface area contributed by atoms with E-state index in [0.29, 0.717) is 6.04 Å². The SMILES string of the molecule is CC1COCCN1Cc1ccccc1.CN(C)C. The van der Waals surface area contributed by atoms with Gasteiger partial charge in [0.05, 0.1) is 13.2 Å². The van der Waals surface area contributed by atoms with E-state index in [1.807, 2.05) is 26.0 Å². The Morgan fingerprint density at radius 1 is 1.22 bits per heavy atom. The van der Waals surface area contributed by atoms with Crippen LogP contribution in [0, 0.1) is 0 Å². The second-order valence-corrected chi connectivity index (χ2v) is 5.22. The van der Waals surface area contributed by atoms with Crippen LogP contribution in [0.1, 0.15) is 12.5 Å². The van der Waals surface area contributed by atoms with Gasteiger partial charge in [-0.25, -0.2) is 0 Å². The van der Waals surface area contributed by atoms with Gasteiger partial charge in [-0.15, -0.1) is 0 Å². The van der Waals surface area contributed by atoms with Crippen molar-refractivity contribution in [3.63, 3.8) is 0 Å². The van der Waals surface area contributed by atoms with E-state index in [4.69, 9.17) is 4.74 Å². The Balaban J connectivity index is 0.000000357. The molecule has 0 radical (unpaired) electrons. The predicted octanol–water partition coefficient (Wildman–Crippen LogP) is 2.09. The van der Waals surface area contributed by atoms with Crippen LogP contribution >= 0.6 is 0 Å². The monoisotopic (exact) mass is 250 g/mol. The highest BCUT2D eigenvalue weighted by Crippen LogP contribution is 2.11. The molecule has 0 aromatic heterocycles. The normalized spacial score (nSPS) is 20.4. The summed E-state index contributed by atoms with van der Waals surface area (Å²) in [7, 11) is 6.00. The summed E-state index contributed by atoms with van der Waals surface area (Å²) in [5, 5.41) is 0. The zero-order valence-corrected chi connectivity index (χ0v) is 12.1. The first kappa shape index (κ1) is 15.2. The first-order valence-electron chi connectivity index (χ1n) is 6.56. The summed E-state index contributed by atoms with van der Waals surface area (Å²) in [5.41, 5.74) is 1.39. The van der Waals surface area contributed by atoms with Gasteiger partial charge in [0.1, 0.15) is 0 Å². The van der Waals surface area contributed by atoms with Gasteiger partial charge in [-0.05, 0) is 33.6 Å². The first-order valence-corrected chi connectivity index (χ1v) is 6.56. The number of rotatable bonds is 2. The third-order valence-corrected chi connectivity index (χ3v) is 2.73. The molecule has 0 bridgehead atoms. The predicted molar refractivity (Wildman–Crippen MR) is 76.7 cm³/mol. The maximum Gasteiger partial charge on any atom is 0.0619 e. The number of nitrogens with zero attached hydrogens (tertiary/aromatic N) is 2. The molecule has 1 unspecified atom stereocenters. The molecule has 1 saturated heterocycles. The minimum atomic E-state index is 0.545. The zero-order chi connectivity index (χ0) is 13.4. The molecule has 1 aromatic rings. The summed E-state index contributed by atoms with van der Waals surface area (Å²) in [4.78, 5) is 4.47. The lowest BCUT2D eigenvalue weighted by Gasteiger charge is -2.33. The lowest BCUT2D eigenvalue weighted by molar-refractivity contribution is -0.00436. The van der Waals surface area contributed by atoms with Gasteiger partial charge in [-0.2, -0.15) is 0 Å². The minimum absolute atomic E-state index is 0.545. The van der Waals surface area contributed by atoms with Gasteiger partial charge in [0, 0.05) is 19.1 Å². The summed E-state index contributed by atoms with van der Waals surface area (Å²) in [6.07, 6.45) is 0. The first-order chi connectivity index (χ1) is 8.59. The zero-order valence-electron chi connectivity index (χ0n) is 12.1. The molecule has 3 heteroatoms. The summed E-state index contributed by atoms with van der Waals surface area (Å²) in [6.45, 7) is 6.06. The van der Waals surface area contributed by atoms with Gasteiger partial charge in [0.2, 0.25) is 0 Å². The van der Waals surface area contributed by atoms with E-state index >= 15 is 0 Å². The summed E-state index contributed by atoms with van der Waals surface area (Å²) >= 11 is 0. The molecule has 1 aliphatic rings. The highest BCUT2D eigenvalue weighted by Gasteiger charge is 2.18. The molecule has 0 amide bonds. The molecule has 1 aliphatic heterocycles. The highest BCUT2D eigenvalue weighted by atomic mass is 16.5. The van der Waals surface area contributed by atoms with Crippen LogP contribution in [0.15, 0.2) is 30.3 Å². The summed E-state index contributed by atoms with van der Waals surface area (Å²) in [5.74, 6) is 0.